The van der Waals surface area contributed by atoms with Crippen molar-refractivity contribution in [3.05, 3.63) is 0 Å². The summed E-state index contributed by atoms with van der Waals surface area (Å²) in [5.74, 6) is -0.0423. The number of nitrogens with zero attached hydrogens (tertiary/aromatic N) is 1. The molecule has 0 saturated carbocycles. The molecule has 0 spiro atoms. The second kappa shape index (κ2) is 6.62. The van der Waals surface area contributed by atoms with Gasteiger partial charge in [-0.1, -0.05) is 0 Å². The van der Waals surface area contributed by atoms with Gasteiger partial charge in [0.15, 0.2) is 0 Å². The number of hydrogen-bond donors (Lipinski definition) is 2. The highest BCUT2D eigenvalue weighted by Gasteiger charge is 2.34. The first kappa shape index (κ1) is 14.6. The van der Waals surface area contributed by atoms with Gasteiger partial charge >= 0.3 is 6.03 Å². The van der Waals surface area contributed by atoms with Crippen molar-refractivity contribution in [1.82, 2.24) is 15.5 Å². The van der Waals surface area contributed by atoms with E-state index in [1.54, 1.807) is 0 Å². The fourth-order valence-corrected chi connectivity index (χ4v) is 3.15. The summed E-state index contributed by atoms with van der Waals surface area (Å²) in [6, 6.07) is -0.747. The SMILES string of the molecule is O=C1NC[C@H](C(=O)N(C[C@H]2CCCO2)C[C@@H]2CCCO2)N1. The third kappa shape index (κ3) is 3.65. The van der Waals surface area contributed by atoms with Gasteiger partial charge in [-0.2, -0.15) is 0 Å². The van der Waals surface area contributed by atoms with Gasteiger partial charge in [-0.05, 0) is 25.7 Å². The van der Waals surface area contributed by atoms with Gasteiger partial charge < -0.3 is 25.0 Å². The molecule has 3 heterocycles. The number of hydrogen-bond acceptors (Lipinski definition) is 4. The Hall–Kier alpha value is -1.34. The number of urea groups is 1. The Morgan fingerprint density at radius 3 is 2.19 bits per heavy atom. The van der Waals surface area contributed by atoms with Crippen molar-refractivity contribution in [2.45, 2.75) is 43.9 Å². The largest absolute Gasteiger partial charge is 0.376 e. The average molecular weight is 297 g/mol. The lowest BCUT2D eigenvalue weighted by molar-refractivity contribution is -0.136. The third-order valence-corrected chi connectivity index (χ3v) is 4.28. The number of carbonyl (C=O) groups excluding carboxylic acids is 2. The van der Waals surface area contributed by atoms with Gasteiger partial charge in [0.05, 0.1) is 12.2 Å². The Kier molecular flexibility index (Phi) is 4.60. The fraction of sp³-hybridized carbons (Fsp3) is 0.857. The maximum absolute atomic E-state index is 12.6. The van der Waals surface area contributed by atoms with Crippen LogP contribution in [0, 0.1) is 0 Å². The van der Waals surface area contributed by atoms with E-state index in [0.29, 0.717) is 19.6 Å². The molecule has 0 bridgehead atoms. The van der Waals surface area contributed by atoms with Crippen LogP contribution in [-0.4, -0.2) is 67.9 Å². The van der Waals surface area contributed by atoms with Gasteiger partial charge in [-0.3, -0.25) is 4.79 Å². The summed E-state index contributed by atoms with van der Waals surface area (Å²) >= 11 is 0. The predicted octanol–water partition coefficient (Wildman–Crippen LogP) is -0.146. The highest BCUT2D eigenvalue weighted by Crippen LogP contribution is 2.18. The van der Waals surface area contributed by atoms with Crippen LogP contribution in [0.5, 0.6) is 0 Å². The Morgan fingerprint density at radius 1 is 1.14 bits per heavy atom. The highest BCUT2D eigenvalue weighted by molar-refractivity contribution is 5.90. The van der Waals surface area contributed by atoms with E-state index < -0.39 is 6.04 Å². The molecule has 3 saturated heterocycles. The van der Waals surface area contributed by atoms with E-state index in [2.05, 4.69) is 10.6 Å². The standard InChI is InChI=1S/C14H23N3O4/c18-13(12-7-15-14(19)16-12)17(8-10-3-1-5-20-10)9-11-4-2-6-21-11/h10-12H,1-9H2,(H2,15,16,19)/t10-,11+,12-/m1/s1. The molecule has 0 aromatic heterocycles. The average Bonchev–Trinajstić information content (AvgIpc) is 3.19. The van der Waals surface area contributed by atoms with Gasteiger partial charge in [-0.15, -0.1) is 0 Å². The van der Waals surface area contributed by atoms with E-state index in [1.165, 1.54) is 0 Å². The third-order valence-electron chi connectivity index (χ3n) is 4.28. The lowest BCUT2D eigenvalue weighted by Crippen LogP contribution is -2.50. The summed E-state index contributed by atoms with van der Waals surface area (Å²) in [5, 5.41) is 5.29. The number of rotatable bonds is 5. The van der Waals surface area contributed by atoms with Gasteiger partial charge in [0.25, 0.3) is 0 Å². The van der Waals surface area contributed by atoms with Crippen LogP contribution in [0.4, 0.5) is 4.79 Å². The molecule has 21 heavy (non-hydrogen) atoms. The number of carbonyl (C=O) groups is 2. The van der Waals surface area contributed by atoms with Crippen LogP contribution in [-0.2, 0) is 14.3 Å². The summed E-state index contributed by atoms with van der Waals surface area (Å²) in [6.45, 7) is 3.07. The highest BCUT2D eigenvalue weighted by atomic mass is 16.5. The lowest BCUT2D eigenvalue weighted by atomic mass is 10.1. The number of nitrogens with one attached hydrogen (secondary N) is 2. The van der Waals surface area contributed by atoms with Crippen LogP contribution >= 0.6 is 0 Å². The van der Waals surface area contributed by atoms with Crippen molar-refractivity contribution in [3.63, 3.8) is 0 Å². The molecule has 7 nitrogen and oxygen atoms in total. The van der Waals surface area contributed by atoms with Crippen LogP contribution in [0.15, 0.2) is 0 Å². The Bertz CT molecular complexity index is 374. The number of ether oxygens (including phenoxy) is 2. The van der Waals surface area contributed by atoms with Crippen molar-refractivity contribution in [2.24, 2.45) is 0 Å². The normalized spacial score (nSPS) is 32.0. The maximum Gasteiger partial charge on any atom is 0.315 e. The van der Waals surface area contributed by atoms with E-state index in [9.17, 15) is 9.59 Å². The first-order chi connectivity index (χ1) is 10.2. The molecular formula is C14H23N3O4. The van der Waals surface area contributed by atoms with Gasteiger partial charge in [-0.25, -0.2) is 4.79 Å². The van der Waals surface area contributed by atoms with Crippen LogP contribution in [0.3, 0.4) is 0 Å². The minimum Gasteiger partial charge on any atom is -0.376 e. The Morgan fingerprint density at radius 2 is 1.76 bits per heavy atom. The molecule has 3 fully saturated rings. The van der Waals surface area contributed by atoms with Crippen LogP contribution < -0.4 is 10.6 Å². The zero-order chi connectivity index (χ0) is 14.7. The number of amides is 3. The molecule has 3 rings (SSSR count). The van der Waals surface area contributed by atoms with Gasteiger partial charge in [0, 0.05) is 32.8 Å². The molecule has 3 aliphatic rings. The fourth-order valence-electron chi connectivity index (χ4n) is 3.15. The molecule has 3 amide bonds. The first-order valence-electron chi connectivity index (χ1n) is 7.79. The van der Waals surface area contributed by atoms with E-state index in [-0.39, 0.29) is 24.1 Å². The van der Waals surface area contributed by atoms with Crippen LogP contribution in [0.2, 0.25) is 0 Å². The molecule has 2 N–H and O–H groups in total. The monoisotopic (exact) mass is 297 g/mol. The van der Waals surface area contributed by atoms with Crippen molar-refractivity contribution in [3.8, 4) is 0 Å². The summed E-state index contributed by atoms with van der Waals surface area (Å²) in [6.07, 6.45) is 4.30. The summed E-state index contributed by atoms with van der Waals surface area (Å²) in [4.78, 5) is 25.7. The van der Waals surface area contributed by atoms with Crippen molar-refractivity contribution in [2.75, 3.05) is 32.8 Å². The molecule has 7 heteroatoms. The lowest BCUT2D eigenvalue weighted by Gasteiger charge is -2.29. The van der Waals surface area contributed by atoms with Crippen molar-refractivity contribution in [1.29, 1.82) is 0 Å². The molecule has 0 radical (unpaired) electrons. The first-order valence-corrected chi connectivity index (χ1v) is 7.79. The van der Waals surface area contributed by atoms with E-state index >= 15 is 0 Å². The van der Waals surface area contributed by atoms with E-state index in [1.807, 2.05) is 4.90 Å². The Labute approximate surface area is 124 Å². The summed E-state index contributed by atoms with van der Waals surface area (Å²) in [7, 11) is 0. The van der Waals surface area contributed by atoms with Crippen molar-refractivity contribution >= 4 is 11.9 Å². The topological polar surface area (TPSA) is 79.9 Å². The molecule has 0 aromatic rings. The maximum atomic E-state index is 12.6. The zero-order valence-corrected chi connectivity index (χ0v) is 12.2. The predicted molar refractivity (Wildman–Crippen MR) is 74.9 cm³/mol. The van der Waals surface area contributed by atoms with E-state index in [4.69, 9.17) is 9.47 Å². The summed E-state index contributed by atoms with van der Waals surface area (Å²) in [5.41, 5.74) is 0. The molecule has 0 unspecified atom stereocenters. The van der Waals surface area contributed by atoms with Crippen LogP contribution in [0.25, 0.3) is 0 Å². The molecular weight excluding hydrogens is 274 g/mol. The minimum absolute atomic E-state index is 0.0423. The van der Waals surface area contributed by atoms with Crippen LogP contribution in [0.1, 0.15) is 25.7 Å². The minimum atomic E-state index is -0.472. The molecule has 0 aliphatic carbocycles. The van der Waals surface area contributed by atoms with Gasteiger partial charge in [0.1, 0.15) is 6.04 Å². The smallest absolute Gasteiger partial charge is 0.315 e. The molecule has 3 atom stereocenters. The molecule has 0 aromatic carbocycles. The molecule has 3 aliphatic heterocycles. The van der Waals surface area contributed by atoms with Crippen molar-refractivity contribution < 1.29 is 19.1 Å². The Balaban J connectivity index is 1.61. The molecule has 118 valence electrons. The van der Waals surface area contributed by atoms with E-state index in [0.717, 1.165) is 38.9 Å². The van der Waals surface area contributed by atoms with Gasteiger partial charge in [0.2, 0.25) is 5.91 Å². The second-order valence-corrected chi connectivity index (χ2v) is 5.92. The quantitative estimate of drug-likeness (QED) is 0.740. The summed E-state index contributed by atoms with van der Waals surface area (Å²) < 4.78 is 11.3. The zero-order valence-electron chi connectivity index (χ0n) is 12.2. The second-order valence-electron chi connectivity index (χ2n) is 5.92.